The number of fused-ring (bicyclic) bond motifs is 1. The average Bonchev–Trinajstić information content (AvgIpc) is 2.91. The molecule has 36 heavy (non-hydrogen) atoms. The maximum atomic E-state index is 13.4. The first-order valence-electron chi connectivity index (χ1n) is 12.0. The van der Waals surface area contributed by atoms with Gasteiger partial charge in [-0.15, -0.1) is 0 Å². The number of cyclic esters (lactones) is 1. The summed E-state index contributed by atoms with van der Waals surface area (Å²) >= 11 is 6.09. The fourth-order valence-electron chi connectivity index (χ4n) is 5.01. The molecule has 196 valence electrons. The predicted molar refractivity (Wildman–Crippen MR) is 132 cm³/mol. The Morgan fingerprint density at radius 3 is 2.22 bits per heavy atom. The summed E-state index contributed by atoms with van der Waals surface area (Å²) in [5.41, 5.74) is -3.26. The molecule has 1 aliphatic carbocycles. The third-order valence-electron chi connectivity index (χ3n) is 8.48. The van der Waals surface area contributed by atoms with E-state index in [-0.39, 0.29) is 23.5 Å². The zero-order valence-corrected chi connectivity index (χ0v) is 21.7. The van der Waals surface area contributed by atoms with E-state index in [9.17, 15) is 22.8 Å². The van der Waals surface area contributed by atoms with Gasteiger partial charge < -0.3 is 15.4 Å². The Labute approximate surface area is 213 Å². The maximum absolute atomic E-state index is 13.4. The molecule has 4 rings (SSSR count). The third kappa shape index (κ3) is 4.40. The van der Waals surface area contributed by atoms with E-state index in [0.29, 0.717) is 41.8 Å². The molecule has 1 aromatic carbocycles. The number of carbonyl (C=O) groups excluding carboxylic acids is 2. The van der Waals surface area contributed by atoms with Crippen molar-refractivity contribution in [2.75, 3.05) is 5.32 Å². The lowest BCUT2D eigenvalue weighted by Crippen LogP contribution is -2.57. The van der Waals surface area contributed by atoms with E-state index in [0.717, 1.165) is 6.07 Å². The zero-order chi connectivity index (χ0) is 26.7. The van der Waals surface area contributed by atoms with Crippen LogP contribution in [-0.2, 0) is 20.5 Å². The largest absolute Gasteiger partial charge is 0.448 e. The Hall–Kier alpha value is -2.55. The van der Waals surface area contributed by atoms with Gasteiger partial charge in [0.05, 0.1) is 10.9 Å². The lowest BCUT2D eigenvalue weighted by Gasteiger charge is -2.41. The fraction of sp³-hybridized carbons (Fsp3) is 0.577. The fourth-order valence-corrected chi connectivity index (χ4v) is 5.18. The molecule has 2 aliphatic rings. The van der Waals surface area contributed by atoms with Crippen LogP contribution in [0.15, 0.2) is 24.3 Å². The minimum Gasteiger partial charge on any atom is -0.448 e. The molecule has 2 heterocycles. The molecule has 1 saturated carbocycles. The van der Waals surface area contributed by atoms with Crippen molar-refractivity contribution in [3.63, 3.8) is 0 Å². The van der Waals surface area contributed by atoms with Crippen molar-refractivity contribution in [1.82, 2.24) is 10.3 Å². The van der Waals surface area contributed by atoms with Crippen molar-refractivity contribution >= 4 is 40.1 Å². The molecule has 0 bridgehead atoms. The molecule has 1 atom stereocenters. The van der Waals surface area contributed by atoms with Crippen molar-refractivity contribution in [1.29, 1.82) is 0 Å². The smallest absolute Gasteiger partial charge is 0.433 e. The van der Waals surface area contributed by atoms with Gasteiger partial charge in [0.15, 0.2) is 5.60 Å². The molecule has 0 spiro atoms. The summed E-state index contributed by atoms with van der Waals surface area (Å²) in [6, 6.07) is 5.40. The van der Waals surface area contributed by atoms with Crippen LogP contribution in [0.3, 0.4) is 0 Å². The van der Waals surface area contributed by atoms with Crippen molar-refractivity contribution in [2.45, 2.75) is 84.2 Å². The maximum Gasteiger partial charge on any atom is 0.433 e. The number of amides is 1. The normalized spacial score (nSPS) is 27.5. The molecule has 2 N–H and O–H groups in total. The van der Waals surface area contributed by atoms with Crippen molar-refractivity contribution < 1.29 is 27.5 Å². The second-order valence-electron chi connectivity index (χ2n) is 11.1. The second kappa shape index (κ2) is 8.78. The number of nitrogens with zero attached hydrogens (tertiary/aromatic N) is 1. The number of anilines is 1. The highest BCUT2D eigenvalue weighted by atomic mass is 35.5. The number of hydrogen-bond acceptors (Lipinski definition) is 5. The van der Waals surface area contributed by atoms with Gasteiger partial charge >= 0.3 is 12.1 Å². The number of carbonyl (C=O) groups is 2. The number of pyridine rings is 1. The van der Waals surface area contributed by atoms with E-state index < -0.39 is 34.3 Å². The summed E-state index contributed by atoms with van der Waals surface area (Å²) < 4.78 is 45.9. The molecular formula is C26H31ClF3N3O3. The van der Waals surface area contributed by atoms with E-state index in [4.69, 9.17) is 16.3 Å². The van der Waals surface area contributed by atoms with Gasteiger partial charge in [0.2, 0.25) is 0 Å². The number of ether oxygens (including phenoxy) is 1. The van der Waals surface area contributed by atoms with Crippen LogP contribution in [0.2, 0.25) is 5.02 Å². The summed E-state index contributed by atoms with van der Waals surface area (Å²) in [6.07, 6.45) is -2.03. The first kappa shape index (κ1) is 26.5. The summed E-state index contributed by atoms with van der Waals surface area (Å²) in [5.74, 6) is -0.728. The molecule has 6 nitrogen and oxygen atoms in total. The van der Waals surface area contributed by atoms with Gasteiger partial charge in [0.25, 0.3) is 5.91 Å². The number of hydrogen-bond donors (Lipinski definition) is 2. The van der Waals surface area contributed by atoms with E-state index in [1.165, 1.54) is 12.1 Å². The number of halogens is 4. The molecule has 2 aromatic rings. The quantitative estimate of drug-likeness (QED) is 0.470. The third-order valence-corrected chi connectivity index (χ3v) is 8.71. The van der Waals surface area contributed by atoms with Gasteiger partial charge in [0.1, 0.15) is 5.69 Å². The van der Waals surface area contributed by atoms with Crippen LogP contribution < -0.4 is 10.6 Å². The number of aromatic nitrogens is 1. The summed E-state index contributed by atoms with van der Waals surface area (Å²) in [5, 5.41) is 7.22. The molecule has 1 aliphatic heterocycles. The lowest BCUT2D eigenvalue weighted by molar-refractivity contribution is -0.162. The Morgan fingerprint density at radius 1 is 1.06 bits per heavy atom. The van der Waals surface area contributed by atoms with E-state index in [2.05, 4.69) is 15.6 Å². The number of esters is 1. The van der Waals surface area contributed by atoms with Gasteiger partial charge in [-0.3, -0.25) is 9.59 Å². The lowest BCUT2D eigenvalue weighted by atomic mass is 9.61. The Bertz CT molecular complexity index is 1210. The van der Waals surface area contributed by atoms with Crippen LogP contribution in [0.25, 0.3) is 10.9 Å². The van der Waals surface area contributed by atoms with Crippen LogP contribution in [-0.4, -0.2) is 34.5 Å². The van der Waals surface area contributed by atoms with E-state index in [1.807, 2.05) is 13.8 Å². The number of alkyl halides is 3. The van der Waals surface area contributed by atoms with Crippen LogP contribution in [0.4, 0.5) is 18.9 Å². The van der Waals surface area contributed by atoms with Crippen LogP contribution >= 0.6 is 11.6 Å². The van der Waals surface area contributed by atoms with Crippen LogP contribution in [0.1, 0.15) is 66.0 Å². The highest BCUT2D eigenvalue weighted by molar-refractivity contribution is 6.31. The standard InChI is InChI=1S/C26H31ClF3N3O3/c1-23(2)22(35)36-25(5,24(23,3)4)21(34)32-16-9-7-15(8-10-16)31-19-13-20(26(28,29)30)33-18-11-6-14(27)12-17(18)19/h6,11-13,15-16H,7-10H2,1-5H3,(H,31,33)(H,32,34). The minimum atomic E-state index is -4.58. The summed E-state index contributed by atoms with van der Waals surface area (Å²) in [6.45, 7) is 8.94. The molecule has 10 heteroatoms. The van der Waals surface area contributed by atoms with Crippen molar-refractivity contribution in [2.24, 2.45) is 10.8 Å². The predicted octanol–water partition coefficient (Wildman–Crippen LogP) is 6.11. The summed E-state index contributed by atoms with van der Waals surface area (Å²) in [4.78, 5) is 29.4. The first-order valence-corrected chi connectivity index (χ1v) is 12.4. The molecule has 1 amide bonds. The van der Waals surface area contributed by atoms with Gasteiger partial charge in [-0.05, 0) is 70.7 Å². The monoisotopic (exact) mass is 525 g/mol. The molecule has 2 fully saturated rings. The Balaban J connectivity index is 1.45. The van der Waals surface area contributed by atoms with E-state index >= 15 is 0 Å². The number of benzene rings is 1. The highest BCUT2D eigenvalue weighted by Crippen LogP contribution is 2.55. The molecule has 1 unspecified atom stereocenters. The Morgan fingerprint density at radius 2 is 1.67 bits per heavy atom. The topological polar surface area (TPSA) is 80.3 Å². The second-order valence-corrected chi connectivity index (χ2v) is 11.5. The zero-order valence-electron chi connectivity index (χ0n) is 21.0. The Kier molecular flexibility index (Phi) is 6.47. The first-order chi connectivity index (χ1) is 16.6. The molecular weight excluding hydrogens is 495 g/mol. The van der Waals surface area contributed by atoms with Gasteiger partial charge in [-0.1, -0.05) is 25.4 Å². The van der Waals surface area contributed by atoms with Crippen LogP contribution in [0, 0.1) is 10.8 Å². The van der Waals surface area contributed by atoms with Crippen LogP contribution in [0.5, 0.6) is 0 Å². The van der Waals surface area contributed by atoms with Gasteiger partial charge in [-0.2, -0.15) is 13.2 Å². The summed E-state index contributed by atoms with van der Waals surface area (Å²) in [7, 11) is 0. The van der Waals surface area contributed by atoms with Gasteiger partial charge in [0, 0.05) is 33.6 Å². The minimum absolute atomic E-state index is 0.0842. The van der Waals surface area contributed by atoms with Crippen molar-refractivity contribution in [3.8, 4) is 0 Å². The highest BCUT2D eigenvalue weighted by Gasteiger charge is 2.67. The van der Waals surface area contributed by atoms with E-state index in [1.54, 1.807) is 26.8 Å². The number of nitrogens with one attached hydrogen (secondary N) is 2. The van der Waals surface area contributed by atoms with Crippen molar-refractivity contribution in [3.05, 3.63) is 35.0 Å². The molecule has 0 radical (unpaired) electrons. The SMILES string of the molecule is CC1(C)C(=O)OC(C)(C(=O)NC2CCC(Nc3cc(C(F)(F)F)nc4ccc(Cl)cc34)CC2)C1(C)C. The number of rotatable bonds is 4. The molecule has 1 aromatic heterocycles. The average molecular weight is 526 g/mol. The molecule has 1 saturated heterocycles. The van der Waals surface area contributed by atoms with Gasteiger partial charge in [-0.25, -0.2) is 4.98 Å².